The van der Waals surface area contributed by atoms with E-state index in [1.165, 1.54) is 5.57 Å². The van der Waals surface area contributed by atoms with Crippen molar-refractivity contribution in [3.63, 3.8) is 0 Å². The van der Waals surface area contributed by atoms with Crippen molar-refractivity contribution in [2.75, 3.05) is 21.3 Å². The molecule has 2 aliphatic carbocycles. The number of nitrogens with one attached hydrogen (secondary N) is 5. The standard InChI is InChI=1S/C53H50N8O3/c1-52(51-56-31-45(60-51)40-27-39(47(63-4)28-48(40)64-5)44-30-55-49(59-44)37-14-10-7-11-15-37)24-22-34(23-25-52)33-16-18-36(19-17-33)42-29-54-50(58-42)38-20-21-46(62-3)41(26-38)53(2)57-32-43(61-53)35-12-8-6-9-13-35/h6-12,14-24,26-32,35,57,61H,13,25H2,1-5H3,(H,54,58)(H,55,59)(H,56,60). The van der Waals surface area contributed by atoms with Gasteiger partial charge in [0, 0.05) is 57.1 Å². The fraction of sp³-hybridized carbons (Fsp3) is 0.189. The molecule has 0 fully saturated rings. The molecule has 1 aliphatic heterocycles. The highest BCUT2D eigenvalue weighted by atomic mass is 16.5. The Morgan fingerprint density at radius 2 is 1.31 bits per heavy atom. The van der Waals surface area contributed by atoms with Crippen LogP contribution in [0.4, 0.5) is 0 Å². The van der Waals surface area contributed by atoms with E-state index in [4.69, 9.17) is 24.2 Å². The normalized spacial score (nSPS) is 20.0. The lowest BCUT2D eigenvalue weighted by Gasteiger charge is -2.30. The quantitative estimate of drug-likeness (QED) is 0.0820. The maximum atomic E-state index is 5.86. The predicted octanol–water partition coefficient (Wildman–Crippen LogP) is 10.9. The molecule has 0 saturated carbocycles. The van der Waals surface area contributed by atoms with Gasteiger partial charge in [-0.25, -0.2) is 15.0 Å². The Labute approximate surface area is 372 Å². The van der Waals surface area contributed by atoms with Gasteiger partial charge in [-0.2, -0.15) is 0 Å². The number of aromatic amines is 3. The zero-order chi connectivity index (χ0) is 43.8. The van der Waals surface area contributed by atoms with E-state index in [-0.39, 0.29) is 5.41 Å². The van der Waals surface area contributed by atoms with Gasteiger partial charge in [0.15, 0.2) is 0 Å². The highest BCUT2D eigenvalue weighted by Crippen LogP contribution is 2.43. The third-order valence-corrected chi connectivity index (χ3v) is 12.6. The Hall–Kier alpha value is -7.79. The second kappa shape index (κ2) is 16.5. The summed E-state index contributed by atoms with van der Waals surface area (Å²) >= 11 is 0. The Balaban J connectivity index is 0.834. The van der Waals surface area contributed by atoms with Gasteiger partial charge in [-0.1, -0.05) is 97.1 Å². The van der Waals surface area contributed by atoms with Gasteiger partial charge in [-0.15, -0.1) is 0 Å². The summed E-state index contributed by atoms with van der Waals surface area (Å²) in [5.74, 6) is 4.91. The maximum absolute atomic E-state index is 5.86. The molecule has 0 amide bonds. The van der Waals surface area contributed by atoms with E-state index in [0.29, 0.717) is 17.4 Å². The van der Waals surface area contributed by atoms with Crippen molar-refractivity contribution in [1.29, 1.82) is 0 Å². The van der Waals surface area contributed by atoms with Crippen LogP contribution in [0.3, 0.4) is 0 Å². The largest absolute Gasteiger partial charge is 0.496 e. The highest BCUT2D eigenvalue weighted by molar-refractivity contribution is 5.81. The van der Waals surface area contributed by atoms with Crippen LogP contribution in [-0.4, -0.2) is 51.2 Å². The molecule has 4 aromatic carbocycles. The lowest BCUT2D eigenvalue weighted by Crippen LogP contribution is -2.44. The summed E-state index contributed by atoms with van der Waals surface area (Å²) in [6.07, 6.45) is 24.8. The topological polar surface area (TPSA) is 138 Å². The van der Waals surface area contributed by atoms with Crippen molar-refractivity contribution in [2.24, 2.45) is 5.92 Å². The zero-order valence-electron chi connectivity index (χ0n) is 36.5. The predicted molar refractivity (Wildman–Crippen MR) is 253 cm³/mol. The molecule has 320 valence electrons. The first kappa shape index (κ1) is 40.3. The average Bonchev–Trinajstić information content (AvgIpc) is 4.20. The number of imidazole rings is 3. The summed E-state index contributed by atoms with van der Waals surface area (Å²) in [7, 11) is 5.04. The molecule has 7 aromatic rings. The van der Waals surface area contributed by atoms with Crippen LogP contribution in [0, 0.1) is 5.92 Å². The van der Waals surface area contributed by atoms with E-state index in [2.05, 4.69) is 130 Å². The molecule has 0 saturated heterocycles. The minimum absolute atomic E-state index is 0.310. The molecule has 0 bridgehead atoms. The van der Waals surface area contributed by atoms with E-state index < -0.39 is 5.66 Å². The van der Waals surface area contributed by atoms with Crippen LogP contribution in [0.2, 0.25) is 0 Å². The fourth-order valence-electron chi connectivity index (χ4n) is 8.83. The van der Waals surface area contributed by atoms with Crippen LogP contribution < -0.4 is 24.8 Å². The van der Waals surface area contributed by atoms with Crippen LogP contribution in [0.1, 0.15) is 43.6 Å². The van der Waals surface area contributed by atoms with E-state index >= 15 is 0 Å². The highest BCUT2D eigenvalue weighted by Gasteiger charge is 2.36. The monoisotopic (exact) mass is 846 g/mol. The van der Waals surface area contributed by atoms with Gasteiger partial charge < -0.3 is 39.8 Å². The summed E-state index contributed by atoms with van der Waals surface area (Å²) in [4.78, 5) is 25.0. The van der Waals surface area contributed by atoms with Gasteiger partial charge in [0.05, 0.1) is 57.0 Å². The van der Waals surface area contributed by atoms with Crippen molar-refractivity contribution in [2.45, 2.75) is 37.8 Å². The van der Waals surface area contributed by atoms with Crippen molar-refractivity contribution in [3.05, 3.63) is 175 Å². The number of benzene rings is 4. The molecular formula is C53H50N8O3. The van der Waals surface area contributed by atoms with Gasteiger partial charge in [-0.3, -0.25) is 0 Å². The number of rotatable bonds is 12. The fourth-order valence-corrected chi connectivity index (χ4v) is 8.83. The van der Waals surface area contributed by atoms with Crippen LogP contribution in [0.15, 0.2) is 158 Å². The van der Waals surface area contributed by atoms with Crippen LogP contribution >= 0.6 is 0 Å². The number of allylic oxidation sites excluding steroid dienone is 8. The first-order valence-electron chi connectivity index (χ1n) is 21.5. The number of hydrogen-bond acceptors (Lipinski definition) is 8. The minimum Gasteiger partial charge on any atom is -0.496 e. The Kier molecular flexibility index (Phi) is 10.4. The molecule has 11 nitrogen and oxygen atoms in total. The molecule has 3 unspecified atom stereocenters. The molecule has 3 aliphatic rings. The lowest BCUT2D eigenvalue weighted by atomic mass is 9.80. The molecule has 3 atom stereocenters. The lowest BCUT2D eigenvalue weighted by molar-refractivity contribution is 0.346. The number of nitrogens with zero attached hydrogens (tertiary/aromatic N) is 3. The van der Waals surface area contributed by atoms with Crippen molar-refractivity contribution < 1.29 is 14.2 Å². The van der Waals surface area contributed by atoms with Crippen molar-refractivity contribution in [3.8, 4) is 73.8 Å². The first-order valence-corrected chi connectivity index (χ1v) is 21.5. The van der Waals surface area contributed by atoms with Crippen molar-refractivity contribution >= 4 is 5.57 Å². The molecule has 10 rings (SSSR count). The number of ether oxygens (including phenoxy) is 3. The number of hydrogen-bond donors (Lipinski definition) is 5. The second-order valence-electron chi connectivity index (χ2n) is 16.8. The number of aromatic nitrogens is 6. The third-order valence-electron chi connectivity index (χ3n) is 12.6. The van der Waals surface area contributed by atoms with E-state index in [1.54, 1.807) is 21.3 Å². The summed E-state index contributed by atoms with van der Waals surface area (Å²) in [6, 6.07) is 28.9. The SMILES string of the molecule is COc1cc(OC)c(-c2cnc(C3(C)C=CC(c4ccc(-c5cnc(-c6ccc(OC)c(C7(C)NC=C(C8C=CC=CC8)N7)c6)[nH]5)cc4)=CC3)[nH]2)cc1-c1cnc(-c2ccccc2)[nH]1. The summed E-state index contributed by atoms with van der Waals surface area (Å²) in [5.41, 5.74) is 11.0. The van der Waals surface area contributed by atoms with Gasteiger partial charge in [0.1, 0.15) is 40.4 Å². The van der Waals surface area contributed by atoms with Crippen LogP contribution in [0.25, 0.3) is 62.1 Å². The van der Waals surface area contributed by atoms with Gasteiger partial charge in [0.2, 0.25) is 0 Å². The number of H-pyrrole nitrogens is 3. The minimum atomic E-state index is -0.538. The van der Waals surface area contributed by atoms with E-state index in [0.717, 1.165) is 97.8 Å². The summed E-state index contributed by atoms with van der Waals surface area (Å²) in [5, 5.41) is 7.32. The average molecular weight is 847 g/mol. The Morgan fingerprint density at radius 1 is 0.641 bits per heavy atom. The maximum Gasteiger partial charge on any atom is 0.137 e. The zero-order valence-corrected chi connectivity index (χ0v) is 36.5. The summed E-state index contributed by atoms with van der Waals surface area (Å²) < 4.78 is 17.5. The van der Waals surface area contributed by atoms with Crippen molar-refractivity contribution in [1.82, 2.24) is 40.5 Å². The molecule has 64 heavy (non-hydrogen) atoms. The summed E-state index contributed by atoms with van der Waals surface area (Å²) in [6.45, 7) is 4.35. The third kappa shape index (κ3) is 7.48. The van der Waals surface area contributed by atoms with E-state index in [1.807, 2.05) is 67.1 Å². The Morgan fingerprint density at radius 3 is 2.02 bits per heavy atom. The van der Waals surface area contributed by atoms with Gasteiger partial charge in [-0.05, 0) is 67.7 Å². The van der Waals surface area contributed by atoms with Gasteiger partial charge in [0.25, 0.3) is 0 Å². The molecular weight excluding hydrogens is 797 g/mol. The van der Waals surface area contributed by atoms with E-state index in [9.17, 15) is 0 Å². The van der Waals surface area contributed by atoms with Crippen LogP contribution in [-0.2, 0) is 11.1 Å². The molecule has 0 spiro atoms. The first-order chi connectivity index (χ1) is 31.2. The molecule has 4 heterocycles. The molecule has 11 heteroatoms. The molecule has 3 aromatic heterocycles. The smallest absolute Gasteiger partial charge is 0.137 e. The molecule has 0 radical (unpaired) electrons. The molecule has 5 N–H and O–H groups in total. The Bertz CT molecular complexity index is 3010. The second-order valence-corrected chi connectivity index (χ2v) is 16.8. The van der Waals surface area contributed by atoms with Gasteiger partial charge >= 0.3 is 0 Å². The number of methoxy groups -OCH3 is 3. The van der Waals surface area contributed by atoms with Crippen LogP contribution in [0.5, 0.6) is 17.2 Å².